The fourth-order valence-electron chi connectivity index (χ4n) is 12.2. The number of aryl methyl sites for hydroxylation is 1. The third-order valence-electron chi connectivity index (χ3n) is 15.0. The Balaban J connectivity index is 1.20. The van der Waals surface area contributed by atoms with Crippen LogP contribution in [0.1, 0.15) is 112 Å². The van der Waals surface area contributed by atoms with Crippen molar-refractivity contribution in [2.24, 2.45) is 59.0 Å². The van der Waals surface area contributed by atoms with Gasteiger partial charge in [0, 0.05) is 5.41 Å². The number of phenols is 1. The number of aliphatic carboxylic acids is 1. The average Bonchev–Trinajstić information content (AvgIpc) is 3.25. The molecule has 4 aliphatic carbocycles. The smallest absolute Gasteiger partial charge is 0.310 e. The van der Waals surface area contributed by atoms with E-state index in [-0.39, 0.29) is 41.6 Å². The van der Waals surface area contributed by atoms with Crippen LogP contribution in [0.2, 0.25) is 0 Å². The molecule has 0 radical (unpaired) electrons. The summed E-state index contributed by atoms with van der Waals surface area (Å²) in [5, 5.41) is 31.2. The van der Waals surface area contributed by atoms with E-state index in [1.807, 2.05) is 24.3 Å². The molecule has 0 unspecified atom stereocenters. The van der Waals surface area contributed by atoms with Gasteiger partial charge in [0.15, 0.2) is 0 Å². The molecule has 2 fully saturated rings. The molecule has 0 saturated heterocycles. The number of phenolic OH excluding ortho intramolecular Hbond substituents is 1. The van der Waals surface area contributed by atoms with Gasteiger partial charge in [-0.1, -0.05) is 148 Å². The molecule has 5 N–H and O–H groups in total. The third-order valence-corrected chi connectivity index (χ3v) is 15.0. The lowest BCUT2D eigenvalue weighted by molar-refractivity contribution is -0.145. The first kappa shape index (κ1) is 42.2. The Hall–Kier alpha value is -3.93. The molecule has 4 aliphatic rings. The highest BCUT2D eigenvalue weighted by Crippen LogP contribution is 2.58. The number of benzene rings is 3. The van der Waals surface area contributed by atoms with Gasteiger partial charge in [0.1, 0.15) is 5.75 Å². The average molecular weight is 784 g/mol. The number of fused-ring (bicyclic) bond motifs is 1. The van der Waals surface area contributed by atoms with Crippen LogP contribution in [-0.4, -0.2) is 27.8 Å². The molecule has 9 atom stereocenters. The Morgan fingerprint density at radius 1 is 0.793 bits per heavy atom. The number of nitrogens with two attached hydrogens (primary N) is 1. The lowest BCUT2D eigenvalue weighted by atomic mass is 9.48. The molecule has 3 aromatic rings. The van der Waals surface area contributed by atoms with E-state index in [0.29, 0.717) is 24.1 Å². The second-order valence-electron chi connectivity index (χ2n) is 18.6. The predicted octanol–water partition coefficient (Wildman–Crippen LogP) is 11.4. The Bertz CT molecular complexity index is 1840. The number of rotatable bonds is 17. The number of aromatic hydroxyl groups is 1. The van der Waals surface area contributed by atoms with Gasteiger partial charge in [0.2, 0.25) is 0 Å². The monoisotopic (exact) mass is 784 g/mol. The van der Waals surface area contributed by atoms with Gasteiger partial charge in [-0.2, -0.15) is 0 Å². The summed E-state index contributed by atoms with van der Waals surface area (Å²) in [4.78, 5) is 13.4. The van der Waals surface area contributed by atoms with Gasteiger partial charge in [0.05, 0.1) is 12.5 Å². The summed E-state index contributed by atoms with van der Waals surface area (Å²) in [6.45, 7) is 0.567. The highest BCUT2D eigenvalue weighted by atomic mass is 16.4. The number of carboxylic acid groups (broad SMARTS) is 1. The summed E-state index contributed by atoms with van der Waals surface area (Å²) in [6, 6.07) is 27.1. The molecule has 7 rings (SSSR count). The summed E-state index contributed by atoms with van der Waals surface area (Å²) in [5.74, 6) is 1.22. The van der Waals surface area contributed by atoms with E-state index in [1.54, 1.807) is 6.07 Å². The zero-order chi connectivity index (χ0) is 40.3. The standard InChI is InChI=1S/C53H69NO4/c54-36-45-26-28-48(52(57)58)51-49(53(46-21-8-3-9-22-46)30-12-20-42(35-53)32-41-18-11-23-47(56)34-41)29-27-44(50(45)51)33-40(25-24-39-17-10-19-43(31-39)37-55)16-7-2-6-15-38-13-4-1-5-14-38/h2-3,7-11,17-19,21-23,26-29,31,34,38,40,42,44-45,48-51,55-56H,1,4-6,12-16,20,24-25,30,32-33,35-37,54H2,(H,57,58)/b7-2-/t40-,42+,44+,45+,48-,49-,50+,51-,53-/m0/s1. The largest absolute Gasteiger partial charge is 0.508 e. The van der Waals surface area contributed by atoms with Crippen LogP contribution in [0, 0.1) is 53.3 Å². The molecule has 5 nitrogen and oxygen atoms in total. The van der Waals surface area contributed by atoms with E-state index in [9.17, 15) is 20.1 Å². The number of carbonyl (C=O) groups is 1. The minimum Gasteiger partial charge on any atom is -0.508 e. The van der Waals surface area contributed by atoms with Crippen molar-refractivity contribution in [3.8, 4) is 5.75 Å². The Kier molecular flexibility index (Phi) is 14.8. The molecule has 0 amide bonds. The van der Waals surface area contributed by atoms with Crippen LogP contribution in [-0.2, 0) is 29.7 Å². The number of hydrogen-bond donors (Lipinski definition) is 4. The van der Waals surface area contributed by atoms with Gasteiger partial charge in [-0.25, -0.2) is 0 Å². The minimum absolute atomic E-state index is 0.0535. The quantitative estimate of drug-likeness (QED) is 0.102. The highest BCUT2D eigenvalue weighted by molar-refractivity contribution is 5.73. The molecule has 310 valence electrons. The van der Waals surface area contributed by atoms with Gasteiger partial charge in [-0.3, -0.25) is 4.79 Å². The van der Waals surface area contributed by atoms with Gasteiger partial charge < -0.3 is 21.1 Å². The van der Waals surface area contributed by atoms with Gasteiger partial charge in [0.25, 0.3) is 0 Å². The molecule has 58 heavy (non-hydrogen) atoms. The van der Waals surface area contributed by atoms with E-state index in [0.717, 1.165) is 81.3 Å². The van der Waals surface area contributed by atoms with E-state index >= 15 is 0 Å². The molecule has 0 spiro atoms. The zero-order valence-corrected chi connectivity index (χ0v) is 34.7. The summed E-state index contributed by atoms with van der Waals surface area (Å²) < 4.78 is 0. The van der Waals surface area contributed by atoms with Crippen LogP contribution >= 0.6 is 0 Å². The highest BCUT2D eigenvalue weighted by Gasteiger charge is 2.55. The van der Waals surface area contributed by atoms with Crippen LogP contribution in [0.5, 0.6) is 5.75 Å². The lowest BCUT2D eigenvalue weighted by Gasteiger charge is -2.56. The first-order chi connectivity index (χ1) is 28.4. The normalized spacial score (nSPS) is 29.3. The third kappa shape index (κ3) is 10.3. The fraction of sp³-hybridized carbons (Fsp3) is 0.528. The van der Waals surface area contributed by atoms with E-state index in [2.05, 4.69) is 85.0 Å². The second kappa shape index (κ2) is 20.4. The molecule has 0 heterocycles. The molecule has 3 aromatic carbocycles. The van der Waals surface area contributed by atoms with Crippen molar-refractivity contribution >= 4 is 5.97 Å². The van der Waals surface area contributed by atoms with Crippen LogP contribution in [0.15, 0.2) is 115 Å². The molecule has 2 saturated carbocycles. The van der Waals surface area contributed by atoms with Gasteiger partial charge in [-0.15, -0.1) is 0 Å². The van der Waals surface area contributed by atoms with Crippen LogP contribution in [0.4, 0.5) is 0 Å². The van der Waals surface area contributed by atoms with Crippen molar-refractivity contribution in [2.45, 2.75) is 115 Å². The van der Waals surface area contributed by atoms with E-state index < -0.39 is 11.9 Å². The molecular weight excluding hydrogens is 715 g/mol. The maximum atomic E-state index is 13.4. The number of aliphatic hydroxyl groups excluding tert-OH is 1. The fourth-order valence-corrected chi connectivity index (χ4v) is 12.2. The van der Waals surface area contributed by atoms with Crippen LogP contribution < -0.4 is 5.73 Å². The Morgan fingerprint density at radius 2 is 1.55 bits per heavy atom. The summed E-state index contributed by atoms with van der Waals surface area (Å²) >= 11 is 0. The summed E-state index contributed by atoms with van der Waals surface area (Å²) in [7, 11) is 0. The first-order valence-corrected chi connectivity index (χ1v) is 22.8. The lowest BCUT2D eigenvalue weighted by Crippen LogP contribution is -2.53. The summed E-state index contributed by atoms with van der Waals surface area (Å²) in [5.41, 5.74) is 11.2. The molecule has 0 aliphatic heterocycles. The van der Waals surface area contributed by atoms with Crippen molar-refractivity contribution in [3.63, 3.8) is 0 Å². The topological polar surface area (TPSA) is 104 Å². The maximum absolute atomic E-state index is 13.4. The van der Waals surface area contributed by atoms with Gasteiger partial charge in [-0.05, 0) is 146 Å². The number of aliphatic hydroxyl groups is 1. The minimum atomic E-state index is -0.725. The molecular formula is C53H69NO4. The second-order valence-corrected chi connectivity index (χ2v) is 18.6. The van der Waals surface area contributed by atoms with Crippen molar-refractivity contribution < 1.29 is 20.1 Å². The van der Waals surface area contributed by atoms with E-state index in [4.69, 9.17) is 5.73 Å². The first-order valence-electron chi connectivity index (χ1n) is 22.8. The van der Waals surface area contributed by atoms with Crippen molar-refractivity contribution in [3.05, 3.63) is 138 Å². The van der Waals surface area contributed by atoms with Crippen molar-refractivity contribution in [2.75, 3.05) is 6.54 Å². The molecule has 0 aromatic heterocycles. The molecule has 5 heteroatoms. The number of allylic oxidation sites excluding steroid dienone is 4. The summed E-state index contributed by atoms with van der Waals surface area (Å²) in [6.07, 6.45) is 32.6. The van der Waals surface area contributed by atoms with Crippen LogP contribution in [0.25, 0.3) is 0 Å². The SMILES string of the molecule is NC[C@H]1C=C[C@H](C(=O)O)[C@@H]2[C@@H]1[C@@H](C[C@@H](C/C=C\CCC1CCCCC1)CCc1cccc(CO)c1)C=C[C@@H]2[C@@]1(c2ccccc2)CCC[C@H](Cc2cccc(O)c2)C1. The number of carboxylic acids is 1. The van der Waals surface area contributed by atoms with Crippen LogP contribution in [0.3, 0.4) is 0 Å². The molecule has 0 bridgehead atoms. The zero-order valence-electron chi connectivity index (χ0n) is 34.7. The maximum Gasteiger partial charge on any atom is 0.310 e. The predicted molar refractivity (Wildman–Crippen MR) is 236 cm³/mol. The number of hydrogen-bond acceptors (Lipinski definition) is 4. The Labute approximate surface area is 348 Å². The van der Waals surface area contributed by atoms with Crippen molar-refractivity contribution in [1.82, 2.24) is 0 Å². The van der Waals surface area contributed by atoms with Gasteiger partial charge >= 0.3 is 5.97 Å². The van der Waals surface area contributed by atoms with E-state index in [1.165, 1.54) is 49.7 Å². The van der Waals surface area contributed by atoms with Crippen molar-refractivity contribution in [1.29, 1.82) is 0 Å². The Morgan fingerprint density at radius 3 is 2.33 bits per heavy atom.